The van der Waals surface area contributed by atoms with Gasteiger partial charge in [-0.3, -0.25) is 0 Å². The first-order valence-electron chi connectivity index (χ1n) is 4.83. The van der Waals surface area contributed by atoms with Crippen LogP contribution in [0.25, 0.3) is 0 Å². The molecule has 1 heterocycles. The maximum absolute atomic E-state index is 4.87. The molecular weight excluding hydrogens is 240 g/mol. The van der Waals surface area contributed by atoms with Crippen molar-refractivity contribution in [2.24, 2.45) is 0 Å². The molecule has 0 bridgehead atoms. The highest BCUT2D eigenvalue weighted by atomic mass is 16.5. The molecule has 1 aliphatic rings. The van der Waals surface area contributed by atoms with Crippen molar-refractivity contribution in [2.75, 3.05) is 0 Å². The van der Waals surface area contributed by atoms with E-state index in [1.165, 1.54) is 75.1 Å². The first-order valence-corrected chi connectivity index (χ1v) is 4.83. The van der Waals surface area contributed by atoms with Crippen LogP contribution in [0.15, 0.2) is 75.1 Å². The SMILES string of the molecule is C1=C\O/C=C/O/C=C\O/C=C/O/C=C/O/C=C\O/1. The van der Waals surface area contributed by atoms with Crippen LogP contribution in [-0.2, 0) is 28.4 Å². The third kappa shape index (κ3) is 8.54. The van der Waals surface area contributed by atoms with Crippen LogP contribution in [0.2, 0.25) is 0 Å². The summed E-state index contributed by atoms with van der Waals surface area (Å²) in [5.74, 6) is 0. The van der Waals surface area contributed by atoms with Gasteiger partial charge < -0.3 is 28.4 Å². The monoisotopic (exact) mass is 252 g/mol. The second kappa shape index (κ2) is 10.7. The topological polar surface area (TPSA) is 55.4 Å². The summed E-state index contributed by atoms with van der Waals surface area (Å²) in [6, 6.07) is 0. The molecule has 0 saturated carbocycles. The van der Waals surface area contributed by atoms with Crippen molar-refractivity contribution < 1.29 is 28.4 Å². The Labute approximate surface area is 104 Å². The van der Waals surface area contributed by atoms with Gasteiger partial charge in [0.1, 0.15) is 75.1 Å². The Kier molecular flexibility index (Phi) is 7.94. The fourth-order valence-corrected chi connectivity index (χ4v) is 0.657. The molecule has 96 valence electrons. The normalized spacial score (nSPS) is 26.7. The highest BCUT2D eigenvalue weighted by Crippen LogP contribution is 1.90. The number of rotatable bonds is 0. The largest absolute Gasteiger partial charge is 0.466 e. The van der Waals surface area contributed by atoms with Gasteiger partial charge in [-0.25, -0.2) is 0 Å². The average molecular weight is 252 g/mol. The van der Waals surface area contributed by atoms with E-state index in [0.29, 0.717) is 0 Å². The Hall–Kier alpha value is -2.76. The molecule has 0 spiro atoms. The van der Waals surface area contributed by atoms with Gasteiger partial charge in [0.2, 0.25) is 0 Å². The summed E-state index contributed by atoms with van der Waals surface area (Å²) < 4.78 is 29.2. The molecule has 0 aliphatic carbocycles. The molecule has 0 aromatic carbocycles. The first kappa shape index (κ1) is 13.3. The third-order valence-electron chi connectivity index (χ3n) is 1.28. The van der Waals surface area contributed by atoms with Gasteiger partial charge in [-0.15, -0.1) is 0 Å². The molecule has 0 fully saturated rings. The number of hydrogen-bond donors (Lipinski definition) is 0. The molecule has 0 aromatic rings. The summed E-state index contributed by atoms with van der Waals surface area (Å²) in [6.07, 6.45) is 15.8. The number of hydrogen-bond acceptors (Lipinski definition) is 6. The van der Waals surface area contributed by atoms with E-state index in [9.17, 15) is 0 Å². The Morgan fingerprint density at radius 1 is 0.222 bits per heavy atom. The van der Waals surface area contributed by atoms with E-state index < -0.39 is 0 Å². The fraction of sp³-hybridized carbons (Fsp3) is 0. The van der Waals surface area contributed by atoms with E-state index in [0.717, 1.165) is 0 Å². The van der Waals surface area contributed by atoms with Gasteiger partial charge in [-0.05, 0) is 0 Å². The summed E-state index contributed by atoms with van der Waals surface area (Å²) >= 11 is 0. The smallest absolute Gasteiger partial charge is 0.125 e. The molecule has 1 aliphatic heterocycles. The van der Waals surface area contributed by atoms with Crippen LogP contribution in [-0.4, -0.2) is 0 Å². The maximum atomic E-state index is 4.87. The Bertz CT molecular complexity index is 248. The zero-order valence-corrected chi connectivity index (χ0v) is 9.38. The van der Waals surface area contributed by atoms with Crippen molar-refractivity contribution in [3.05, 3.63) is 75.1 Å². The lowest BCUT2D eigenvalue weighted by Gasteiger charge is -1.94. The van der Waals surface area contributed by atoms with Gasteiger partial charge in [0.15, 0.2) is 0 Å². The van der Waals surface area contributed by atoms with Crippen molar-refractivity contribution in [3.8, 4) is 0 Å². The summed E-state index contributed by atoms with van der Waals surface area (Å²) in [7, 11) is 0. The van der Waals surface area contributed by atoms with E-state index in [1.54, 1.807) is 0 Å². The van der Waals surface area contributed by atoms with Crippen molar-refractivity contribution in [2.45, 2.75) is 0 Å². The second-order valence-electron chi connectivity index (χ2n) is 2.45. The molecule has 0 atom stereocenters. The van der Waals surface area contributed by atoms with Gasteiger partial charge in [0.25, 0.3) is 0 Å². The van der Waals surface area contributed by atoms with Crippen LogP contribution in [0, 0.1) is 0 Å². The third-order valence-corrected chi connectivity index (χ3v) is 1.28. The molecule has 0 unspecified atom stereocenters. The highest BCUT2D eigenvalue weighted by molar-refractivity contribution is 4.78. The minimum Gasteiger partial charge on any atom is -0.466 e. The fourth-order valence-electron chi connectivity index (χ4n) is 0.657. The van der Waals surface area contributed by atoms with Crippen molar-refractivity contribution in [1.29, 1.82) is 0 Å². The van der Waals surface area contributed by atoms with E-state index >= 15 is 0 Å². The zero-order chi connectivity index (χ0) is 12.7. The summed E-state index contributed by atoms with van der Waals surface area (Å²) in [5, 5.41) is 0. The lowest BCUT2D eigenvalue weighted by atomic mass is 10.9. The minimum atomic E-state index is 1.31. The van der Waals surface area contributed by atoms with Gasteiger partial charge in [0, 0.05) is 0 Å². The lowest BCUT2D eigenvalue weighted by molar-refractivity contribution is 0.290. The molecule has 0 aromatic heterocycles. The zero-order valence-electron chi connectivity index (χ0n) is 9.38. The van der Waals surface area contributed by atoms with Gasteiger partial charge in [-0.2, -0.15) is 0 Å². The quantitative estimate of drug-likeness (QED) is 0.660. The van der Waals surface area contributed by atoms with Crippen LogP contribution in [0.1, 0.15) is 0 Å². The molecule has 18 heavy (non-hydrogen) atoms. The summed E-state index contributed by atoms with van der Waals surface area (Å²) in [6.45, 7) is 0. The van der Waals surface area contributed by atoms with E-state index in [1.807, 2.05) is 0 Å². The molecule has 0 saturated heterocycles. The van der Waals surface area contributed by atoms with Crippen LogP contribution >= 0.6 is 0 Å². The standard InChI is InChI=1S/C12H12O6/c1-2-14-5-6-16-9-10-18-12-11-17-8-7-15-4-3-13-1/h1-12H/b2-1-,4-3-,6-5+,8-7+,10-9-,12-11+. The first-order chi connectivity index (χ1) is 9.00. The lowest BCUT2D eigenvalue weighted by Crippen LogP contribution is -1.74. The van der Waals surface area contributed by atoms with Gasteiger partial charge >= 0.3 is 0 Å². The molecule has 0 N–H and O–H groups in total. The summed E-state index contributed by atoms with van der Waals surface area (Å²) in [5.41, 5.74) is 0. The number of ether oxygens (including phenoxy) is 6. The van der Waals surface area contributed by atoms with Crippen LogP contribution in [0.5, 0.6) is 0 Å². The van der Waals surface area contributed by atoms with Crippen molar-refractivity contribution in [1.82, 2.24) is 0 Å². The van der Waals surface area contributed by atoms with Crippen LogP contribution < -0.4 is 0 Å². The van der Waals surface area contributed by atoms with Crippen LogP contribution in [0.4, 0.5) is 0 Å². The van der Waals surface area contributed by atoms with Crippen LogP contribution in [0.3, 0.4) is 0 Å². The van der Waals surface area contributed by atoms with Crippen molar-refractivity contribution >= 4 is 0 Å². The molecule has 6 nitrogen and oxygen atoms in total. The molecular formula is C12H12O6. The highest BCUT2D eigenvalue weighted by Gasteiger charge is 1.75. The average Bonchev–Trinajstić information content (AvgIpc) is 2.39. The second-order valence-corrected chi connectivity index (χ2v) is 2.45. The maximum Gasteiger partial charge on any atom is 0.125 e. The Balaban J connectivity index is 2.40. The van der Waals surface area contributed by atoms with E-state index in [4.69, 9.17) is 28.4 Å². The molecule has 1 rings (SSSR count). The predicted molar refractivity (Wildman–Crippen MR) is 61.4 cm³/mol. The molecule has 0 radical (unpaired) electrons. The van der Waals surface area contributed by atoms with E-state index in [2.05, 4.69) is 0 Å². The van der Waals surface area contributed by atoms with Gasteiger partial charge in [-0.1, -0.05) is 0 Å². The van der Waals surface area contributed by atoms with Gasteiger partial charge in [0.05, 0.1) is 0 Å². The predicted octanol–water partition coefficient (Wildman–Crippen LogP) is 2.93. The molecule has 0 amide bonds. The molecule has 6 heteroatoms. The Morgan fingerprint density at radius 3 is 0.444 bits per heavy atom. The minimum absolute atomic E-state index is 1.31. The summed E-state index contributed by atoms with van der Waals surface area (Å²) in [4.78, 5) is 0. The van der Waals surface area contributed by atoms with Crippen molar-refractivity contribution in [3.63, 3.8) is 0 Å². The Morgan fingerprint density at radius 2 is 0.333 bits per heavy atom. The van der Waals surface area contributed by atoms with E-state index in [-0.39, 0.29) is 0 Å².